The number of ether oxygens (including phenoxy) is 1. The summed E-state index contributed by atoms with van der Waals surface area (Å²) < 4.78 is 5.47. The SMILES string of the molecule is O=C(Nc1nc(-c2ccccc2)cs1)C1C2CC3C(OC(=O)C31)C2Br. The fourth-order valence-electron chi connectivity index (χ4n) is 4.59. The minimum Gasteiger partial charge on any atom is -0.461 e. The van der Waals surface area contributed by atoms with Crippen molar-refractivity contribution in [1.29, 1.82) is 0 Å². The van der Waals surface area contributed by atoms with Crippen LogP contribution in [0.3, 0.4) is 0 Å². The van der Waals surface area contributed by atoms with Crippen molar-refractivity contribution < 1.29 is 14.3 Å². The second-order valence-corrected chi connectivity index (χ2v) is 8.77. The second kappa shape index (κ2) is 5.64. The van der Waals surface area contributed by atoms with E-state index in [-0.39, 0.29) is 46.5 Å². The molecular formula is C18H15BrN2O3S. The van der Waals surface area contributed by atoms with E-state index in [2.05, 4.69) is 26.2 Å². The summed E-state index contributed by atoms with van der Waals surface area (Å²) in [4.78, 5) is 29.6. The summed E-state index contributed by atoms with van der Waals surface area (Å²) in [6.07, 6.45) is 0.818. The highest BCUT2D eigenvalue weighted by Gasteiger charge is 2.67. The third-order valence-electron chi connectivity index (χ3n) is 5.63. The Morgan fingerprint density at radius 1 is 1.28 bits per heavy atom. The Morgan fingerprint density at radius 2 is 2.08 bits per heavy atom. The zero-order valence-electron chi connectivity index (χ0n) is 13.1. The number of halogens is 1. The van der Waals surface area contributed by atoms with Crippen LogP contribution in [0.15, 0.2) is 35.7 Å². The van der Waals surface area contributed by atoms with Crippen molar-refractivity contribution in [3.05, 3.63) is 35.7 Å². The van der Waals surface area contributed by atoms with Crippen molar-refractivity contribution in [3.8, 4) is 11.3 Å². The van der Waals surface area contributed by atoms with E-state index in [1.165, 1.54) is 11.3 Å². The van der Waals surface area contributed by atoms with Gasteiger partial charge in [-0.2, -0.15) is 0 Å². The number of amides is 1. The van der Waals surface area contributed by atoms with E-state index in [4.69, 9.17) is 4.74 Å². The van der Waals surface area contributed by atoms with Gasteiger partial charge in [0.25, 0.3) is 0 Å². The maximum absolute atomic E-state index is 12.9. The van der Waals surface area contributed by atoms with Crippen LogP contribution in [0, 0.1) is 23.7 Å². The predicted octanol–water partition coefficient (Wildman–Crippen LogP) is 3.32. The highest BCUT2D eigenvalue weighted by Crippen LogP contribution is 2.60. The monoisotopic (exact) mass is 418 g/mol. The van der Waals surface area contributed by atoms with Crippen molar-refractivity contribution in [2.75, 3.05) is 5.32 Å². The summed E-state index contributed by atoms with van der Waals surface area (Å²) in [5.74, 6) is -0.632. The number of fused-ring (bicyclic) bond motifs is 1. The molecular weight excluding hydrogens is 404 g/mol. The van der Waals surface area contributed by atoms with Crippen LogP contribution in [0.5, 0.6) is 0 Å². The number of carbonyl (C=O) groups excluding carboxylic acids is 2. The molecule has 2 aromatic rings. The lowest BCUT2D eigenvalue weighted by Crippen LogP contribution is -2.40. The van der Waals surface area contributed by atoms with Gasteiger partial charge in [0.05, 0.1) is 22.4 Å². The standard InChI is InChI=1S/C18H15BrN2O3S/c19-14-9-6-10-13(17(23)24-15(10)14)12(9)16(22)21-18-20-11(7-25-18)8-4-2-1-3-5-8/h1-5,7,9-10,12-15H,6H2,(H,20,21,22). The van der Waals surface area contributed by atoms with Gasteiger partial charge in [-0.1, -0.05) is 46.3 Å². The van der Waals surface area contributed by atoms with Gasteiger partial charge in [-0.05, 0) is 12.3 Å². The maximum Gasteiger partial charge on any atom is 0.310 e. The number of esters is 1. The Morgan fingerprint density at radius 3 is 2.88 bits per heavy atom. The lowest BCUT2D eigenvalue weighted by atomic mass is 9.79. The van der Waals surface area contributed by atoms with Gasteiger partial charge in [-0.3, -0.25) is 9.59 Å². The first-order valence-corrected chi connectivity index (χ1v) is 10.1. The van der Waals surface area contributed by atoms with Gasteiger partial charge < -0.3 is 10.1 Å². The van der Waals surface area contributed by atoms with Crippen LogP contribution < -0.4 is 5.32 Å². The first-order valence-electron chi connectivity index (χ1n) is 8.30. The lowest BCUT2D eigenvalue weighted by Gasteiger charge is -2.27. The van der Waals surface area contributed by atoms with Gasteiger partial charge in [0, 0.05) is 16.9 Å². The van der Waals surface area contributed by atoms with Crippen LogP contribution in [-0.2, 0) is 14.3 Å². The summed E-state index contributed by atoms with van der Waals surface area (Å²) in [7, 11) is 0. The Hall–Kier alpha value is -1.73. The van der Waals surface area contributed by atoms with Crippen LogP contribution in [0.4, 0.5) is 5.13 Å². The molecule has 1 aromatic heterocycles. The van der Waals surface area contributed by atoms with Crippen LogP contribution >= 0.6 is 27.3 Å². The molecule has 1 aliphatic heterocycles. The Bertz CT molecular complexity index is 855. The number of alkyl halides is 1. The molecule has 1 saturated heterocycles. The molecule has 5 nitrogen and oxygen atoms in total. The number of nitrogens with zero attached hydrogens (tertiary/aromatic N) is 1. The average Bonchev–Trinajstić information content (AvgIpc) is 3.34. The number of hydrogen-bond donors (Lipinski definition) is 1. The van der Waals surface area contributed by atoms with Crippen molar-refractivity contribution in [3.63, 3.8) is 0 Å². The fourth-order valence-corrected chi connectivity index (χ4v) is 6.36. The summed E-state index contributed by atoms with van der Waals surface area (Å²) >= 11 is 5.04. The van der Waals surface area contributed by atoms with E-state index in [1.807, 2.05) is 35.7 Å². The normalized spacial score (nSPS) is 35.0. The minimum atomic E-state index is -0.329. The molecule has 1 aromatic carbocycles. The number of hydrogen-bond acceptors (Lipinski definition) is 5. The summed E-state index contributed by atoms with van der Waals surface area (Å²) in [5, 5.41) is 5.42. The molecule has 7 heteroatoms. The predicted molar refractivity (Wildman–Crippen MR) is 97.4 cm³/mol. The van der Waals surface area contributed by atoms with Gasteiger partial charge in [-0.15, -0.1) is 11.3 Å². The molecule has 2 bridgehead atoms. The Balaban J connectivity index is 1.36. The number of aromatic nitrogens is 1. The molecule has 6 unspecified atom stereocenters. The zero-order valence-corrected chi connectivity index (χ0v) is 15.5. The van der Waals surface area contributed by atoms with Gasteiger partial charge in [-0.25, -0.2) is 4.98 Å². The molecule has 5 rings (SSSR count). The topological polar surface area (TPSA) is 68.3 Å². The third kappa shape index (κ3) is 2.29. The van der Waals surface area contributed by atoms with Gasteiger partial charge in [0.15, 0.2) is 5.13 Å². The highest BCUT2D eigenvalue weighted by molar-refractivity contribution is 9.09. The molecule has 0 radical (unpaired) electrons. The number of rotatable bonds is 3. The molecule has 128 valence electrons. The number of carbonyl (C=O) groups is 2. The zero-order chi connectivity index (χ0) is 17.1. The first kappa shape index (κ1) is 15.5. The molecule has 1 N–H and O–H groups in total. The molecule has 2 saturated carbocycles. The molecule has 2 aliphatic carbocycles. The molecule has 0 spiro atoms. The maximum atomic E-state index is 12.9. The van der Waals surface area contributed by atoms with Gasteiger partial charge in [0.2, 0.25) is 5.91 Å². The molecule has 2 heterocycles. The van der Waals surface area contributed by atoms with E-state index in [1.54, 1.807) is 0 Å². The third-order valence-corrected chi connectivity index (χ3v) is 7.59. The molecule has 1 amide bonds. The molecule has 25 heavy (non-hydrogen) atoms. The Kier molecular flexibility index (Phi) is 3.50. The van der Waals surface area contributed by atoms with E-state index < -0.39 is 0 Å². The number of benzene rings is 1. The highest BCUT2D eigenvalue weighted by atomic mass is 79.9. The van der Waals surface area contributed by atoms with E-state index in [0.29, 0.717) is 5.13 Å². The van der Waals surface area contributed by atoms with Crippen molar-refractivity contribution in [2.24, 2.45) is 23.7 Å². The van der Waals surface area contributed by atoms with Crippen LogP contribution in [0.25, 0.3) is 11.3 Å². The van der Waals surface area contributed by atoms with E-state index in [0.717, 1.165) is 17.7 Å². The number of thiazole rings is 1. The van der Waals surface area contributed by atoms with Crippen molar-refractivity contribution in [2.45, 2.75) is 17.4 Å². The van der Waals surface area contributed by atoms with Crippen LogP contribution in [-0.4, -0.2) is 27.8 Å². The number of anilines is 1. The van der Waals surface area contributed by atoms with Gasteiger partial charge >= 0.3 is 5.97 Å². The quantitative estimate of drug-likeness (QED) is 0.612. The van der Waals surface area contributed by atoms with Gasteiger partial charge in [0.1, 0.15) is 6.10 Å². The molecule has 3 aliphatic rings. The second-order valence-electron chi connectivity index (χ2n) is 6.85. The largest absolute Gasteiger partial charge is 0.461 e. The molecule has 3 fully saturated rings. The first-order chi connectivity index (χ1) is 12.1. The summed E-state index contributed by atoms with van der Waals surface area (Å²) in [6.45, 7) is 0. The minimum absolute atomic E-state index is 0.0592. The van der Waals surface area contributed by atoms with Crippen LogP contribution in [0.1, 0.15) is 6.42 Å². The smallest absolute Gasteiger partial charge is 0.310 e. The van der Waals surface area contributed by atoms with Crippen LogP contribution in [0.2, 0.25) is 0 Å². The average molecular weight is 419 g/mol. The summed E-state index contributed by atoms with van der Waals surface area (Å²) in [5.41, 5.74) is 1.86. The van der Waals surface area contributed by atoms with E-state index in [9.17, 15) is 9.59 Å². The lowest BCUT2D eigenvalue weighted by molar-refractivity contribution is -0.145. The number of nitrogens with one attached hydrogen (secondary N) is 1. The molecule has 6 atom stereocenters. The van der Waals surface area contributed by atoms with Crippen molar-refractivity contribution >= 4 is 44.3 Å². The fraction of sp³-hybridized carbons (Fsp3) is 0.389. The summed E-state index contributed by atoms with van der Waals surface area (Å²) in [6, 6.07) is 9.85. The Labute approximate surface area is 156 Å². The van der Waals surface area contributed by atoms with Crippen molar-refractivity contribution in [1.82, 2.24) is 4.98 Å². The van der Waals surface area contributed by atoms with E-state index >= 15 is 0 Å².